The van der Waals surface area contributed by atoms with Gasteiger partial charge in [0.1, 0.15) is 5.82 Å². The van der Waals surface area contributed by atoms with Crippen LogP contribution in [0.4, 0.5) is 15.8 Å². The molecule has 0 aromatic heterocycles. The van der Waals surface area contributed by atoms with Crippen molar-refractivity contribution in [1.29, 1.82) is 0 Å². The maximum atomic E-state index is 13.6. The van der Waals surface area contributed by atoms with Crippen molar-refractivity contribution in [3.05, 3.63) is 59.9 Å². The fourth-order valence-corrected chi connectivity index (χ4v) is 3.17. The first-order valence-corrected chi connectivity index (χ1v) is 9.24. The van der Waals surface area contributed by atoms with E-state index in [4.69, 9.17) is 0 Å². The van der Waals surface area contributed by atoms with Crippen molar-refractivity contribution in [2.75, 3.05) is 23.7 Å². The second-order valence-electron chi connectivity index (χ2n) is 6.85. The van der Waals surface area contributed by atoms with Crippen molar-refractivity contribution in [3.8, 4) is 0 Å². The predicted molar refractivity (Wildman–Crippen MR) is 111 cm³/mol. The number of anilines is 2. The van der Waals surface area contributed by atoms with Crippen molar-refractivity contribution >= 4 is 35.6 Å². The number of hydrogen-bond acceptors (Lipinski definition) is 3. The molecule has 2 amide bonds. The van der Waals surface area contributed by atoms with Crippen LogP contribution in [-0.2, 0) is 16.0 Å². The molecule has 1 saturated heterocycles. The van der Waals surface area contributed by atoms with Crippen molar-refractivity contribution in [1.82, 2.24) is 5.32 Å². The van der Waals surface area contributed by atoms with Crippen molar-refractivity contribution in [2.24, 2.45) is 5.92 Å². The van der Waals surface area contributed by atoms with Gasteiger partial charge in [0.15, 0.2) is 0 Å². The van der Waals surface area contributed by atoms with E-state index in [0.717, 1.165) is 31.5 Å². The van der Waals surface area contributed by atoms with E-state index in [1.807, 2.05) is 0 Å². The van der Waals surface area contributed by atoms with Crippen LogP contribution >= 0.6 is 12.4 Å². The zero-order valence-electron chi connectivity index (χ0n) is 15.5. The van der Waals surface area contributed by atoms with Crippen LogP contribution in [0.3, 0.4) is 0 Å². The fourth-order valence-electron chi connectivity index (χ4n) is 3.17. The molecule has 2 aromatic rings. The van der Waals surface area contributed by atoms with E-state index in [1.54, 1.807) is 36.4 Å². The molecule has 150 valence electrons. The summed E-state index contributed by atoms with van der Waals surface area (Å²) in [5.41, 5.74) is 1.67. The molecule has 0 aliphatic carbocycles. The fraction of sp³-hybridized carbons (Fsp3) is 0.333. The van der Waals surface area contributed by atoms with Crippen molar-refractivity contribution in [2.45, 2.75) is 25.7 Å². The summed E-state index contributed by atoms with van der Waals surface area (Å²) in [5.74, 6) is -0.155. The minimum atomic E-state index is -0.461. The molecule has 0 spiro atoms. The van der Waals surface area contributed by atoms with Gasteiger partial charge in [0.25, 0.3) is 0 Å². The van der Waals surface area contributed by atoms with E-state index in [-0.39, 0.29) is 36.3 Å². The van der Waals surface area contributed by atoms with Crippen molar-refractivity contribution in [3.63, 3.8) is 0 Å². The molecule has 1 aliphatic rings. The third kappa shape index (κ3) is 6.62. The van der Waals surface area contributed by atoms with Crippen LogP contribution in [0, 0.1) is 11.7 Å². The molecule has 1 fully saturated rings. The number of rotatable bonds is 7. The van der Waals surface area contributed by atoms with E-state index in [2.05, 4.69) is 16.0 Å². The number of carbonyl (C=O) groups is 2. The zero-order chi connectivity index (χ0) is 19.1. The Morgan fingerprint density at radius 2 is 1.79 bits per heavy atom. The molecule has 2 aromatic carbocycles. The number of carbonyl (C=O) groups excluding carboxylic acids is 2. The number of nitrogens with one attached hydrogen (secondary N) is 3. The maximum Gasteiger partial charge on any atom is 0.228 e. The topological polar surface area (TPSA) is 70.2 Å². The Bertz CT molecular complexity index is 792. The lowest BCUT2D eigenvalue weighted by molar-refractivity contribution is -0.117. The third-order valence-corrected chi connectivity index (χ3v) is 4.69. The Balaban J connectivity index is 0.00000280. The first kappa shape index (κ1) is 21.9. The lowest BCUT2D eigenvalue weighted by Crippen LogP contribution is -2.16. The Hall–Kier alpha value is -2.44. The van der Waals surface area contributed by atoms with Crippen LogP contribution in [-0.4, -0.2) is 24.9 Å². The van der Waals surface area contributed by atoms with Crippen LogP contribution in [0.5, 0.6) is 0 Å². The van der Waals surface area contributed by atoms with E-state index >= 15 is 0 Å². The van der Waals surface area contributed by atoms with Gasteiger partial charge in [-0.2, -0.15) is 0 Å². The second kappa shape index (κ2) is 10.8. The molecule has 5 nitrogen and oxygen atoms in total. The highest BCUT2D eigenvalue weighted by molar-refractivity contribution is 5.93. The van der Waals surface area contributed by atoms with Gasteiger partial charge < -0.3 is 16.0 Å². The van der Waals surface area contributed by atoms with E-state index in [1.165, 1.54) is 12.1 Å². The van der Waals surface area contributed by atoms with Gasteiger partial charge in [-0.1, -0.05) is 24.3 Å². The Morgan fingerprint density at radius 1 is 1.04 bits per heavy atom. The molecule has 3 N–H and O–H groups in total. The first-order chi connectivity index (χ1) is 13.1. The predicted octanol–water partition coefficient (Wildman–Crippen LogP) is 3.76. The van der Waals surface area contributed by atoms with E-state index in [9.17, 15) is 14.0 Å². The molecule has 28 heavy (non-hydrogen) atoms. The van der Waals surface area contributed by atoms with E-state index in [0.29, 0.717) is 18.0 Å². The lowest BCUT2D eigenvalue weighted by atomic mass is 10.0. The molecular formula is C21H25ClFN3O2. The van der Waals surface area contributed by atoms with E-state index < -0.39 is 5.82 Å². The van der Waals surface area contributed by atoms with Gasteiger partial charge >= 0.3 is 0 Å². The van der Waals surface area contributed by atoms with Crippen LogP contribution in [0.15, 0.2) is 48.5 Å². The lowest BCUT2D eigenvalue weighted by Gasteiger charge is -2.10. The first-order valence-electron chi connectivity index (χ1n) is 9.24. The monoisotopic (exact) mass is 405 g/mol. The Labute approximate surface area is 170 Å². The van der Waals surface area contributed by atoms with Gasteiger partial charge in [-0.05, 0) is 61.7 Å². The number of amides is 2. The normalized spacial score (nSPS) is 15.5. The summed E-state index contributed by atoms with van der Waals surface area (Å²) >= 11 is 0. The van der Waals surface area contributed by atoms with Gasteiger partial charge in [0, 0.05) is 12.1 Å². The highest BCUT2D eigenvalue weighted by Crippen LogP contribution is 2.17. The number of halogens is 2. The summed E-state index contributed by atoms with van der Waals surface area (Å²) in [7, 11) is 0. The molecule has 1 atom stereocenters. The zero-order valence-corrected chi connectivity index (χ0v) is 16.4. The third-order valence-electron chi connectivity index (χ3n) is 4.69. The number of hydrogen-bond donors (Lipinski definition) is 3. The van der Waals surface area contributed by atoms with Gasteiger partial charge in [-0.15, -0.1) is 12.4 Å². The van der Waals surface area contributed by atoms with Gasteiger partial charge in [0.2, 0.25) is 11.8 Å². The van der Waals surface area contributed by atoms with Crippen LogP contribution in [0.25, 0.3) is 0 Å². The summed E-state index contributed by atoms with van der Waals surface area (Å²) < 4.78 is 13.6. The number of para-hydroxylation sites is 1. The quantitative estimate of drug-likeness (QED) is 0.657. The van der Waals surface area contributed by atoms with Gasteiger partial charge in [0.05, 0.1) is 12.1 Å². The van der Waals surface area contributed by atoms with Crippen molar-refractivity contribution < 1.29 is 14.0 Å². The summed E-state index contributed by atoms with van der Waals surface area (Å²) in [6.07, 6.45) is 2.68. The molecule has 1 aliphatic heterocycles. The average molecular weight is 406 g/mol. The van der Waals surface area contributed by atoms with Gasteiger partial charge in [-0.25, -0.2) is 4.39 Å². The Kier molecular flexibility index (Phi) is 8.42. The molecule has 0 saturated carbocycles. The molecular weight excluding hydrogens is 381 g/mol. The minimum absolute atomic E-state index is 0. The SMILES string of the molecule is Cl.O=C(CCC1CCNC1)Nc1ccc(CC(=O)Nc2ccccc2F)cc1. The highest BCUT2D eigenvalue weighted by Gasteiger charge is 2.15. The summed E-state index contributed by atoms with van der Waals surface area (Å²) in [6.45, 7) is 2.04. The Morgan fingerprint density at radius 3 is 2.46 bits per heavy atom. The molecule has 3 rings (SSSR count). The second-order valence-corrected chi connectivity index (χ2v) is 6.85. The molecule has 0 bridgehead atoms. The number of benzene rings is 2. The van der Waals surface area contributed by atoms with Crippen LogP contribution in [0.2, 0.25) is 0 Å². The minimum Gasteiger partial charge on any atom is -0.326 e. The average Bonchev–Trinajstić information content (AvgIpc) is 3.17. The molecule has 1 unspecified atom stereocenters. The maximum absolute atomic E-state index is 13.6. The highest BCUT2D eigenvalue weighted by atomic mass is 35.5. The largest absolute Gasteiger partial charge is 0.326 e. The van der Waals surface area contributed by atoms with Crippen LogP contribution < -0.4 is 16.0 Å². The summed E-state index contributed by atoms with van der Waals surface area (Å²) in [6, 6.07) is 13.2. The molecule has 0 radical (unpaired) electrons. The summed E-state index contributed by atoms with van der Waals surface area (Å²) in [5, 5.41) is 8.74. The standard InChI is InChI=1S/C21H24FN3O2.ClH/c22-18-3-1-2-4-19(18)25-21(27)13-15-5-8-17(9-6-15)24-20(26)10-7-16-11-12-23-14-16;/h1-6,8-9,16,23H,7,10-14H2,(H,24,26)(H,25,27);1H. The molecule has 1 heterocycles. The molecule has 7 heteroatoms. The summed E-state index contributed by atoms with van der Waals surface area (Å²) in [4.78, 5) is 24.1. The van der Waals surface area contributed by atoms with Gasteiger partial charge in [-0.3, -0.25) is 9.59 Å². The smallest absolute Gasteiger partial charge is 0.228 e. The van der Waals surface area contributed by atoms with Crippen LogP contribution in [0.1, 0.15) is 24.8 Å².